The van der Waals surface area contributed by atoms with Crippen molar-refractivity contribution in [1.82, 2.24) is 10.2 Å². The minimum absolute atomic E-state index is 0.0768. The number of carboxylic acids is 1. The molecule has 7 nitrogen and oxygen atoms in total. The Kier molecular flexibility index (Phi) is 6.91. The number of carboxylic acid groups (broad SMARTS) is 1. The van der Waals surface area contributed by atoms with Crippen molar-refractivity contribution < 1.29 is 24.2 Å². The summed E-state index contributed by atoms with van der Waals surface area (Å²) in [5.74, 6) is -0.685. The van der Waals surface area contributed by atoms with Crippen LogP contribution in [0.3, 0.4) is 0 Å². The van der Waals surface area contributed by atoms with Gasteiger partial charge in [0.2, 0.25) is 0 Å². The highest BCUT2D eigenvalue weighted by atomic mass is 16.5. The summed E-state index contributed by atoms with van der Waals surface area (Å²) in [4.78, 5) is 26.0. The Labute approximate surface area is 166 Å². The van der Waals surface area contributed by atoms with E-state index in [0.29, 0.717) is 52.5 Å². The number of likely N-dealkylation sites (tertiary alicyclic amines) is 1. The lowest BCUT2D eigenvalue weighted by atomic mass is 9.81. The molecule has 0 unspecified atom stereocenters. The minimum Gasteiger partial charge on any atom is -0.481 e. The van der Waals surface area contributed by atoms with Crippen LogP contribution in [-0.4, -0.2) is 54.9 Å². The van der Waals surface area contributed by atoms with E-state index in [1.807, 2.05) is 31.2 Å². The molecule has 2 N–H and O–H groups in total. The highest BCUT2D eigenvalue weighted by molar-refractivity contribution is 5.80. The second kappa shape index (κ2) is 9.39. The maximum Gasteiger partial charge on any atom is 0.317 e. The number of fused-ring (bicyclic) bond motifs is 1. The zero-order valence-corrected chi connectivity index (χ0v) is 16.5. The van der Waals surface area contributed by atoms with E-state index in [2.05, 4.69) is 5.32 Å². The van der Waals surface area contributed by atoms with Crippen LogP contribution in [0.5, 0.6) is 0 Å². The van der Waals surface area contributed by atoms with Gasteiger partial charge in [-0.2, -0.15) is 0 Å². The van der Waals surface area contributed by atoms with Gasteiger partial charge < -0.3 is 24.8 Å². The standard InChI is InChI=1S/C21H30N2O5/c1-2-27-9-10-28-14-17-6-3-5-16(11-17)12-22-20(26)23-13-18-7-4-8-21(18,15-23)19(24)25/h3,5-6,11,18H,2,4,7-10,12-15H2,1H3,(H,22,26)(H,24,25)/t18-,21+/m0/s1. The Morgan fingerprint density at radius 1 is 1.29 bits per heavy atom. The molecule has 1 aromatic carbocycles. The molecule has 0 bridgehead atoms. The van der Waals surface area contributed by atoms with Gasteiger partial charge in [0.05, 0.1) is 25.2 Å². The Morgan fingerprint density at radius 2 is 2.07 bits per heavy atom. The molecule has 2 aliphatic rings. The third kappa shape index (κ3) is 4.64. The maximum atomic E-state index is 12.6. The molecule has 1 saturated carbocycles. The van der Waals surface area contributed by atoms with Gasteiger partial charge >= 0.3 is 12.0 Å². The predicted octanol–water partition coefficient (Wildman–Crippen LogP) is 2.64. The summed E-state index contributed by atoms with van der Waals surface area (Å²) in [5.41, 5.74) is 1.30. The lowest BCUT2D eigenvalue weighted by Gasteiger charge is -2.23. The smallest absolute Gasteiger partial charge is 0.317 e. The Hall–Kier alpha value is -2.12. The van der Waals surface area contributed by atoms with Crippen molar-refractivity contribution in [3.8, 4) is 0 Å². The van der Waals surface area contributed by atoms with E-state index < -0.39 is 11.4 Å². The first kappa shape index (κ1) is 20.6. The largest absolute Gasteiger partial charge is 0.481 e. The average molecular weight is 390 g/mol. The van der Waals surface area contributed by atoms with Gasteiger partial charge in [-0.1, -0.05) is 30.7 Å². The van der Waals surface area contributed by atoms with Gasteiger partial charge in [0.1, 0.15) is 0 Å². The highest BCUT2D eigenvalue weighted by Crippen LogP contribution is 2.48. The summed E-state index contributed by atoms with van der Waals surface area (Å²) in [7, 11) is 0. The Balaban J connectivity index is 1.47. The van der Waals surface area contributed by atoms with Crippen LogP contribution in [0.25, 0.3) is 0 Å². The summed E-state index contributed by atoms with van der Waals surface area (Å²) in [6.45, 7) is 5.53. The van der Waals surface area contributed by atoms with Crippen molar-refractivity contribution in [2.45, 2.75) is 39.3 Å². The second-order valence-corrected chi connectivity index (χ2v) is 7.66. The van der Waals surface area contributed by atoms with Crippen LogP contribution in [0.1, 0.15) is 37.3 Å². The molecule has 0 aromatic heterocycles. The fraction of sp³-hybridized carbons (Fsp3) is 0.619. The molecule has 2 atom stereocenters. The molecule has 1 saturated heterocycles. The number of hydrogen-bond donors (Lipinski definition) is 2. The zero-order chi connectivity index (χ0) is 20.0. The van der Waals surface area contributed by atoms with Crippen LogP contribution in [0.15, 0.2) is 24.3 Å². The second-order valence-electron chi connectivity index (χ2n) is 7.66. The van der Waals surface area contributed by atoms with Crippen molar-refractivity contribution in [3.63, 3.8) is 0 Å². The number of hydrogen-bond acceptors (Lipinski definition) is 4. The van der Waals surface area contributed by atoms with Gasteiger partial charge in [-0.05, 0) is 36.8 Å². The molecule has 2 fully saturated rings. The van der Waals surface area contributed by atoms with E-state index in [-0.39, 0.29) is 11.9 Å². The number of benzene rings is 1. The number of carbonyl (C=O) groups is 2. The van der Waals surface area contributed by atoms with Crippen molar-refractivity contribution >= 4 is 12.0 Å². The fourth-order valence-corrected chi connectivity index (χ4v) is 4.36. The fourth-order valence-electron chi connectivity index (χ4n) is 4.36. The van der Waals surface area contributed by atoms with Crippen LogP contribution >= 0.6 is 0 Å². The third-order valence-electron chi connectivity index (χ3n) is 5.86. The molecule has 1 aliphatic heterocycles. The first-order valence-electron chi connectivity index (χ1n) is 10.0. The molecule has 1 heterocycles. The van der Waals surface area contributed by atoms with Gasteiger partial charge in [0.15, 0.2) is 0 Å². The lowest BCUT2D eigenvalue weighted by Crippen LogP contribution is -2.41. The minimum atomic E-state index is -0.762. The maximum absolute atomic E-state index is 12.6. The van der Waals surface area contributed by atoms with Crippen LogP contribution in [0, 0.1) is 11.3 Å². The molecule has 1 aromatic rings. The molecular formula is C21H30N2O5. The normalized spacial score (nSPS) is 23.6. The van der Waals surface area contributed by atoms with E-state index in [1.165, 1.54) is 0 Å². The van der Waals surface area contributed by atoms with Crippen LogP contribution in [0.4, 0.5) is 4.79 Å². The molecule has 28 heavy (non-hydrogen) atoms. The van der Waals surface area contributed by atoms with Gasteiger partial charge in [-0.25, -0.2) is 4.79 Å². The average Bonchev–Trinajstić information content (AvgIpc) is 3.25. The van der Waals surface area contributed by atoms with E-state index in [9.17, 15) is 14.7 Å². The molecule has 3 rings (SSSR count). The summed E-state index contributed by atoms with van der Waals surface area (Å²) < 4.78 is 10.8. The number of nitrogens with zero attached hydrogens (tertiary/aromatic N) is 1. The molecule has 1 aliphatic carbocycles. The third-order valence-corrected chi connectivity index (χ3v) is 5.86. The van der Waals surface area contributed by atoms with Crippen LogP contribution in [0.2, 0.25) is 0 Å². The number of urea groups is 1. The molecule has 2 amide bonds. The van der Waals surface area contributed by atoms with E-state index >= 15 is 0 Å². The van der Waals surface area contributed by atoms with Crippen molar-refractivity contribution in [3.05, 3.63) is 35.4 Å². The van der Waals surface area contributed by atoms with Crippen LogP contribution in [-0.2, 0) is 27.4 Å². The summed E-state index contributed by atoms with van der Waals surface area (Å²) >= 11 is 0. The molecule has 7 heteroatoms. The van der Waals surface area contributed by atoms with Crippen LogP contribution < -0.4 is 5.32 Å². The van der Waals surface area contributed by atoms with E-state index in [1.54, 1.807) is 4.90 Å². The van der Waals surface area contributed by atoms with E-state index in [0.717, 1.165) is 24.0 Å². The Bertz CT molecular complexity index is 695. The Morgan fingerprint density at radius 3 is 2.82 bits per heavy atom. The number of nitrogens with one attached hydrogen (secondary N) is 1. The molecular weight excluding hydrogens is 360 g/mol. The summed E-state index contributed by atoms with van der Waals surface area (Å²) in [6.07, 6.45) is 2.50. The lowest BCUT2D eigenvalue weighted by molar-refractivity contribution is -0.149. The summed E-state index contributed by atoms with van der Waals surface area (Å²) in [5, 5.41) is 12.6. The first-order valence-corrected chi connectivity index (χ1v) is 10.0. The number of amides is 2. The zero-order valence-electron chi connectivity index (χ0n) is 16.5. The number of carbonyl (C=O) groups excluding carboxylic acids is 1. The van der Waals surface area contributed by atoms with Gasteiger partial charge in [0, 0.05) is 26.2 Å². The molecule has 0 radical (unpaired) electrons. The van der Waals surface area contributed by atoms with Gasteiger partial charge in [-0.3, -0.25) is 4.79 Å². The van der Waals surface area contributed by atoms with E-state index in [4.69, 9.17) is 9.47 Å². The number of rotatable bonds is 9. The first-order chi connectivity index (χ1) is 13.5. The monoisotopic (exact) mass is 390 g/mol. The highest BCUT2D eigenvalue weighted by Gasteiger charge is 2.55. The number of aliphatic carboxylic acids is 1. The SMILES string of the molecule is CCOCCOCc1cccc(CNC(=O)N2C[C@@H]3CCC[C@@]3(C(=O)O)C2)c1. The number of ether oxygens (including phenoxy) is 2. The molecule has 154 valence electrons. The van der Waals surface area contributed by atoms with Crippen molar-refractivity contribution in [2.24, 2.45) is 11.3 Å². The van der Waals surface area contributed by atoms with Crippen molar-refractivity contribution in [2.75, 3.05) is 32.9 Å². The van der Waals surface area contributed by atoms with Gasteiger partial charge in [-0.15, -0.1) is 0 Å². The predicted molar refractivity (Wildman–Crippen MR) is 104 cm³/mol. The quantitative estimate of drug-likeness (QED) is 0.633. The molecule has 0 spiro atoms. The topological polar surface area (TPSA) is 88.1 Å². The van der Waals surface area contributed by atoms with Gasteiger partial charge in [0.25, 0.3) is 0 Å². The van der Waals surface area contributed by atoms with Crippen molar-refractivity contribution in [1.29, 1.82) is 0 Å². The summed E-state index contributed by atoms with van der Waals surface area (Å²) in [6, 6.07) is 7.72.